The molecule has 0 saturated carbocycles. The minimum absolute atomic E-state index is 0.0213. The summed E-state index contributed by atoms with van der Waals surface area (Å²) in [6, 6.07) is 8.26. The van der Waals surface area contributed by atoms with Gasteiger partial charge in [-0.1, -0.05) is 25.5 Å². The molecular weight excluding hydrogens is 474 g/mol. The second-order valence-electron chi connectivity index (χ2n) is 9.03. The number of imidazole rings is 1. The summed E-state index contributed by atoms with van der Waals surface area (Å²) in [6.45, 7) is 6.76. The van der Waals surface area contributed by atoms with Crippen LogP contribution in [0.15, 0.2) is 42.1 Å². The number of unbranched alkanes of at least 4 members (excludes halogenated alkanes) is 1. The van der Waals surface area contributed by atoms with Crippen molar-refractivity contribution in [3.8, 4) is 11.5 Å². The number of fused-ring (bicyclic) bond motifs is 1. The zero-order valence-corrected chi connectivity index (χ0v) is 21.9. The van der Waals surface area contributed by atoms with Crippen molar-refractivity contribution >= 4 is 23.1 Å². The molecule has 0 aliphatic carbocycles. The fourth-order valence-electron chi connectivity index (χ4n) is 4.62. The van der Waals surface area contributed by atoms with Crippen LogP contribution in [0.5, 0.6) is 11.5 Å². The third-order valence-corrected chi connectivity index (χ3v) is 6.64. The van der Waals surface area contributed by atoms with Gasteiger partial charge in [0.25, 0.3) is 11.7 Å². The summed E-state index contributed by atoms with van der Waals surface area (Å²) >= 11 is 0. The highest BCUT2D eigenvalue weighted by molar-refractivity contribution is 6.46. The highest BCUT2D eigenvalue weighted by atomic mass is 16.5. The van der Waals surface area contributed by atoms with Crippen molar-refractivity contribution in [2.75, 3.05) is 34.0 Å². The summed E-state index contributed by atoms with van der Waals surface area (Å²) in [5.41, 5.74) is 3.10. The second-order valence-corrected chi connectivity index (χ2v) is 9.03. The van der Waals surface area contributed by atoms with Gasteiger partial charge in [-0.3, -0.25) is 9.59 Å². The van der Waals surface area contributed by atoms with Crippen molar-refractivity contribution in [2.24, 2.45) is 0 Å². The molecule has 0 bridgehead atoms. The second kappa shape index (κ2) is 11.0. The molecule has 37 heavy (non-hydrogen) atoms. The number of carbonyl (C=O) groups is 2. The van der Waals surface area contributed by atoms with E-state index in [1.54, 1.807) is 18.2 Å². The molecule has 196 valence electrons. The van der Waals surface area contributed by atoms with E-state index < -0.39 is 17.7 Å². The van der Waals surface area contributed by atoms with Gasteiger partial charge in [-0.25, -0.2) is 4.98 Å². The number of carbonyl (C=O) groups excluding carboxylic acids is 2. The van der Waals surface area contributed by atoms with Gasteiger partial charge in [-0.2, -0.15) is 0 Å². The van der Waals surface area contributed by atoms with E-state index in [2.05, 4.69) is 11.9 Å². The van der Waals surface area contributed by atoms with Crippen LogP contribution in [-0.4, -0.2) is 65.1 Å². The first-order valence-corrected chi connectivity index (χ1v) is 12.4. The fraction of sp³-hybridized carbons (Fsp3) is 0.393. The van der Waals surface area contributed by atoms with E-state index in [0.29, 0.717) is 35.0 Å². The van der Waals surface area contributed by atoms with Crippen LogP contribution >= 0.6 is 0 Å². The molecule has 3 aromatic rings. The van der Waals surface area contributed by atoms with Gasteiger partial charge in [0, 0.05) is 19.9 Å². The van der Waals surface area contributed by atoms with Crippen molar-refractivity contribution in [3.63, 3.8) is 0 Å². The van der Waals surface area contributed by atoms with Crippen molar-refractivity contribution in [1.82, 2.24) is 14.3 Å². The number of Topliss-reactive ketones (excluding diaryl/α,β-unsaturated/α-hetero) is 1. The van der Waals surface area contributed by atoms with Gasteiger partial charge < -0.3 is 28.6 Å². The van der Waals surface area contributed by atoms with Crippen LogP contribution in [0.25, 0.3) is 11.4 Å². The maximum Gasteiger partial charge on any atom is 0.295 e. The fourth-order valence-corrected chi connectivity index (χ4v) is 4.62. The van der Waals surface area contributed by atoms with E-state index in [0.717, 1.165) is 18.4 Å². The Kier molecular flexibility index (Phi) is 7.83. The quantitative estimate of drug-likeness (QED) is 0.190. The topological polar surface area (TPSA) is 103 Å². The molecule has 0 radical (unpaired) electrons. The molecule has 1 aliphatic rings. The Morgan fingerprint density at radius 1 is 1.11 bits per heavy atom. The molecule has 1 atom stereocenters. The maximum absolute atomic E-state index is 13.3. The largest absolute Gasteiger partial charge is 0.505 e. The van der Waals surface area contributed by atoms with Crippen LogP contribution in [0.3, 0.4) is 0 Å². The lowest BCUT2D eigenvalue weighted by Gasteiger charge is -2.25. The van der Waals surface area contributed by atoms with E-state index in [1.165, 1.54) is 19.1 Å². The molecule has 2 aromatic heterocycles. The van der Waals surface area contributed by atoms with Crippen molar-refractivity contribution in [1.29, 1.82) is 0 Å². The Hall–Kier alpha value is -3.85. The van der Waals surface area contributed by atoms with E-state index >= 15 is 0 Å². The number of aliphatic hydroxyl groups excluding tert-OH is 1. The summed E-state index contributed by atoms with van der Waals surface area (Å²) in [5.74, 6) is -0.741. The number of aliphatic hydroxyl groups is 1. The number of benzene rings is 1. The molecule has 9 heteroatoms. The van der Waals surface area contributed by atoms with E-state index in [9.17, 15) is 14.7 Å². The van der Waals surface area contributed by atoms with E-state index in [4.69, 9.17) is 14.2 Å². The first-order valence-electron chi connectivity index (χ1n) is 12.4. The Morgan fingerprint density at radius 2 is 1.89 bits per heavy atom. The zero-order valence-electron chi connectivity index (χ0n) is 21.9. The van der Waals surface area contributed by atoms with Crippen LogP contribution < -0.4 is 9.47 Å². The first kappa shape index (κ1) is 26.2. The SMILES string of the molecule is CCCCOc1ccc(C2C(=C(O)c3nc4c(C)cccn4c3C)C(=O)C(=O)N2CCOC)cc1OC. The number of rotatable bonds is 10. The molecule has 1 aromatic carbocycles. The van der Waals surface area contributed by atoms with Crippen molar-refractivity contribution in [3.05, 3.63) is 64.6 Å². The highest BCUT2D eigenvalue weighted by Gasteiger charge is 2.46. The highest BCUT2D eigenvalue weighted by Crippen LogP contribution is 2.42. The lowest BCUT2D eigenvalue weighted by Crippen LogP contribution is -2.32. The Bertz CT molecular complexity index is 1360. The summed E-state index contributed by atoms with van der Waals surface area (Å²) in [6.07, 6.45) is 3.74. The minimum atomic E-state index is -0.848. The number of ether oxygens (including phenoxy) is 3. The van der Waals surface area contributed by atoms with E-state index in [-0.39, 0.29) is 30.2 Å². The number of hydrogen-bond acceptors (Lipinski definition) is 7. The molecule has 1 N–H and O–H groups in total. The first-order chi connectivity index (χ1) is 17.8. The molecule has 0 spiro atoms. The monoisotopic (exact) mass is 507 g/mol. The van der Waals surface area contributed by atoms with Gasteiger partial charge in [-0.05, 0) is 49.6 Å². The number of amides is 1. The van der Waals surface area contributed by atoms with Crippen LogP contribution in [-0.2, 0) is 14.3 Å². The lowest BCUT2D eigenvalue weighted by molar-refractivity contribution is -0.140. The number of aromatic nitrogens is 2. The predicted octanol–water partition coefficient (Wildman–Crippen LogP) is 4.21. The average Bonchev–Trinajstić information content (AvgIpc) is 3.37. The number of ketones is 1. The molecule has 1 saturated heterocycles. The third kappa shape index (κ3) is 4.79. The van der Waals surface area contributed by atoms with Gasteiger partial charge in [-0.15, -0.1) is 0 Å². The minimum Gasteiger partial charge on any atom is -0.505 e. The number of hydrogen-bond donors (Lipinski definition) is 1. The number of methoxy groups -OCH3 is 2. The Balaban J connectivity index is 1.87. The molecule has 1 unspecified atom stereocenters. The zero-order chi connectivity index (χ0) is 26.7. The normalized spacial score (nSPS) is 17.1. The average molecular weight is 508 g/mol. The molecule has 1 amide bonds. The van der Waals surface area contributed by atoms with Crippen LogP contribution in [0.2, 0.25) is 0 Å². The number of nitrogens with zero attached hydrogens (tertiary/aromatic N) is 3. The summed E-state index contributed by atoms with van der Waals surface area (Å²) in [4.78, 5) is 32.5. The van der Waals surface area contributed by atoms with Crippen LogP contribution in [0.4, 0.5) is 0 Å². The van der Waals surface area contributed by atoms with Gasteiger partial charge >= 0.3 is 0 Å². The van der Waals surface area contributed by atoms with Crippen molar-refractivity contribution in [2.45, 2.75) is 39.7 Å². The van der Waals surface area contributed by atoms with Crippen LogP contribution in [0, 0.1) is 13.8 Å². The number of likely N-dealkylation sites (tertiary alicyclic amines) is 1. The standard InChI is InChI=1S/C28H33N3O6/c1-6-7-14-37-20-11-10-19(16-21(20)36-5)24-22(26(33)28(34)31(24)13-15-35-4)25(32)23-18(3)30-12-8-9-17(2)27(30)29-23/h8-12,16,24,32H,6-7,13-15H2,1-5H3. The van der Waals surface area contributed by atoms with Gasteiger partial charge in [0.2, 0.25) is 0 Å². The predicted molar refractivity (Wildman–Crippen MR) is 139 cm³/mol. The number of pyridine rings is 1. The van der Waals surface area contributed by atoms with Crippen molar-refractivity contribution < 1.29 is 28.9 Å². The molecule has 1 aliphatic heterocycles. The Morgan fingerprint density at radius 3 is 2.57 bits per heavy atom. The Labute approximate surface area is 216 Å². The van der Waals surface area contributed by atoms with Gasteiger partial charge in [0.1, 0.15) is 11.3 Å². The van der Waals surface area contributed by atoms with E-state index in [1.807, 2.05) is 36.6 Å². The molecular formula is C28H33N3O6. The summed E-state index contributed by atoms with van der Waals surface area (Å²) in [7, 11) is 3.06. The molecule has 3 heterocycles. The molecule has 1 fully saturated rings. The molecule has 4 rings (SSSR count). The summed E-state index contributed by atoms with van der Waals surface area (Å²) < 4.78 is 18.5. The number of aryl methyl sites for hydroxylation is 2. The van der Waals surface area contributed by atoms with Gasteiger partial charge in [0.15, 0.2) is 17.3 Å². The van der Waals surface area contributed by atoms with Gasteiger partial charge in [0.05, 0.1) is 37.6 Å². The lowest BCUT2D eigenvalue weighted by atomic mass is 9.96. The maximum atomic E-state index is 13.3. The molecule has 9 nitrogen and oxygen atoms in total. The van der Waals surface area contributed by atoms with Crippen LogP contribution in [0.1, 0.15) is 48.3 Å². The third-order valence-electron chi connectivity index (χ3n) is 6.64. The summed E-state index contributed by atoms with van der Waals surface area (Å²) in [5, 5.41) is 11.5. The smallest absolute Gasteiger partial charge is 0.295 e.